The molecular weight excluding hydrogens is 370 g/mol. The third-order valence-electron chi connectivity index (χ3n) is 4.41. The molecule has 1 N–H and O–H groups in total. The van der Waals surface area contributed by atoms with Crippen molar-refractivity contribution in [1.29, 1.82) is 0 Å². The van der Waals surface area contributed by atoms with Crippen LogP contribution in [-0.4, -0.2) is 25.7 Å². The molecule has 0 saturated heterocycles. The van der Waals surface area contributed by atoms with Crippen LogP contribution in [0.5, 0.6) is 0 Å². The summed E-state index contributed by atoms with van der Waals surface area (Å²) in [5.41, 5.74) is 3.30. The third kappa shape index (κ3) is 3.80. The molecule has 0 aliphatic carbocycles. The number of amides is 1. The molecule has 3 aromatic heterocycles. The smallest absolute Gasteiger partial charge is 0.259 e. The lowest BCUT2D eigenvalue weighted by Gasteiger charge is -2.14. The first-order valence-electron chi connectivity index (χ1n) is 9.03. The first kappa shape index (κ1) is 18.3. The summed E-state index contributed by atoms with van der Waals surface area (Å²) in [5, 5.41) is 10.7. The number of nitrogens with zero attached hydrogens (tertiary/aromatic N) is 4. The number of hydrogen-bond acceptors (Lipinski definition) is 5. The van der Waals surface area contributed by atoms with Crippen molar-refractivity contribution in [3.63, 3.8) is 0 Å². The summed E-state index contributed by atoms with van der Waals surface area (Å²) in [7, 11) is 0. The summed E-state index contributed by atoms with van der Waals surface area (Å²) in [6.07, 6.45) is 3.32. The second-order valence-corrected chi connectivity index (χ2v) is 8.52. The Balaban J connectivity index is 1.53. The summed E-state index contributed by atoms with van der Waals surface area (Å²) in [4.78, 5) is 21.6. The molecule has 0 atom stereocenters. The van der Waals surface area contributed by atoms with Gasteiger partial charge < -0.3 is 0 Å². The van der Waals surface area contributed by atoms with Crippen molar-refractivity contribution in [2.24, 2.45) is 0 Å². The van der Waals surface area contributed by atoms with Gasteiger partial charge in [-0.3, -0.25) is 10.1 Å². The highest BCUT2D eigenvalue weighted by Gasteiger charge is 2.19. The zero-order chi connectivity index (χ0) is 19.7. The fraction of sp³-hybridized carbons (Fsp3) is 0.238. The van der Waals surface area contributed by atoms with Gasteiger partial charge in [0.15, 0.2) is 10.8 Å². The van der Waals surface area contributed by atoms with Crippen LogP contribution in [0.15, 0.2) is 54.2 Å². The Morgan fingerprint density at radius 1 is 1.18 bits per heavy atom. The first-order valence-corrected chi connectivity index (χ1v) is 9.91. The maximum Gasteiger partial charge on any atom is 0.259 e. The Morgan fingerprint density at radius 3 is 2.68 bits per heavy atom. The number of aromatic nitrogens is 4. The fourth-order valence-electron chi connectivity index (χ4n) is 2.81. The van der Waals surface area contributed by atoms with Crippen molar-refractivity contribution in [2.75, 3.05) is 5.32 Å². The number of thiazole rings is 1. The van der Waals surface area contributed by atoms with Crippen molar-refractivity contribution in [3.05, 3.63) is 71.0 Å². The first-order chi connectivity index (χ1) is 13.4. The minimum absolute atomic E-state index is 0.0483. The molecule has 3 heterocycles. The molecule has 1 amide bonds. The number of carbonyl (C=O) groups excluding carboxylic acids is 1. The molecule has 6 nitrogen and oxygen atoms in total. The summed E-state index contributed by atoms with van der Waals surface area (Å²) < 4.78 is 1.84. The van der Waals surface area contributed by atoms with Crippen LogP contribution in [0.2, 0.25) is 0 Å². The predicted octanol–water partition coefficient (Wildman–Crippen LogP) is 4.49. The van der Waals surface area contributed by atoms with Gasteiger partial charge in [0.1, 0.15) is 0 Å². The van der Waals surface area contributed by atoms with Crippen molar-refractivity contribution >= 4 is 33.4 Å². The highest BCUT2D eigenvalue weighted by Crippen LogP contribution is 2.26. The summed E-state index contributed by atoms with van der Waals surface area (Å²) >= 11 is 1.43. The number of anilines is 1. The Bertz CT molecular complexity index is 1120. The molecule has 0 radical (unpaired) electrons. The molecule has 4 aromatic rings. The van der Waals surface area contributed by atoms with E-state index in [1.807, 2.05) is 34.3 Å². The van der Waals surface area contributed by atoms with Crippen molar-refractivity contribution < 1.29 is 4.79 Å². The van der Waals surface area contributed by atoms with E-state index in [0.717, 1.165) is 22.3 Å². The van der Waals surface area contributed by atoms with E-state index in [-0.39, 0.29) is 11.3 Å². The summed E-state index contributed by atoms with van der Waals surface area (Å²) in [6, 6.07) is 11.9. The highest BCUT2D eigenvalue weighted by molar-refractivity contribution is 7.14. The van der Waals surface area contributed by atoms with Crippen LogP contribution in [0.4, 0.5) is 5.13 Å². The predicted molar refractivity (Wildman–Crippen MR) is 112 cm³/mol. The van der Waals surface area contributed by atoms with Gasteiger partial charge in [0, 0.05) is 22.4 Å². The number of carbonyl (C=O) groups is 1. The van der Waals surface area contributed by atoms with Gasteiger partial charge in [-0.25, -0.2) is 14.6 Å². The molecule has 0 saturated carbocycles. The number of rotatable bonds is 4. The standard InChI is InChI=1S/C21H21N5OS/c1-21(2,3)17-13-28-20(24-17)25-19(27)16-9-15-11-23-26(18(15)22-10-16)12-14-7-5-4-6-8-14/h4-11,13H,12H2,1-3H3,(H,24,25,27). The lowest BCUT2D eigenvalue weighted by atomic mass is 9.93. The molecule has 0 unspecified atom stereocenters. The van der Waals surface area contributed by atoms with Gasteiger partial charge in [-0.2, -0.15) is 5.10 Å². The number of nitrogens with one attached hydrogen (secondary N) is 1. The van der Waals surface area contributed by atoms with E-state index in [0.29, 0.717) is 17.2 Å². The van der Waals surface area contributed by atoms with Crippen LogP contribution in [0.25, 0.3) is 11.0 Å². The number of benzene rings is 1. The quantitative estimate of drug-likeness (QED) is 0.556. The monoisotopic (exact) mass is 391 g/mol. The number of fused-ring (bicyclic) bond motifs is 1. The zero-order valence-electron chi connectivity index (χ0n) is 16.0. The van der Waals surface area contributed by atoms with Crippen LogP contribution in [0, 0.1) is 0 Å². The molecule has 0 fully saturated rings. The molecule has 0 aliphatic heterocycles. The minimum atomic E-state index is -0.222. The highest BCUT2D eigenvalue weighted by atomic mass is 32.1. The minimum Gasteiger partial charge on any atom is -0.298 e. The topological polar surface area (TPSA) is 72.7 Å². The van der Waals surface area contributed by atoms with Gasteiger partial charge >= 0.3 is 0 Å². The Morgan fingerprint density at radius 2 is 1.96 bits per heavy atom. The van der Waals surface area contributed by atoms with Gasteiger partial charge in [0.2, 0.25) is 0 Å². The molecule has 142 valence electrons. The molecule has 0 aliphatic rings. The van der Waals surface area contributed by atoms with Crippen LogP contribution in [0.1, 0.15) is 42.4 Å². The van der Waals surface area contributed by atoms with Crippen LogP contribution in [0.3, 0.4) is 0 Å². The van der Waals surface area contributed by atoms with Crippen molar-refractivity contribution in [1.82, 2.24) is 19.7 Å². The number of pyridine rings is 1. The Hall–Kier alpha value is -3.06. The van der Waals surface area contributed by atoms with Gasteiger partial charge in [0.05, 0.1) is 24.0 Å². The van der Waals surface area contributed by atoms with E-state index in [1.165, 1.54) is 11.3 Å². The van der Waals surface area contributed by atoms with Gasteiger partial charge in [-0.1, -0.05) is 51.1 Å². The molecule has 1 aromatic carbocycles. The van der Waals surface area contributed by atoms with Crippen molar-refractivity contribution in [2.45, 2.75) is 32.7 Å². The van der Waals surface area contributed by atoms with E-state index in [1.54, 1.807) is 12.4 Å². The normalized spacial score (nSPS) is 11.7. The summed E-state index contributed by atoms with van der Waals surface area (Å²) in [6.45, 7) is 6.92. The third-order valence-corrected chi connectivity index (χ3v) is 5.16. The average Bonchev–Trinajstić information content (AvgIpc) is 3.29. The van der Waals surface area contributed by atoms with E-state index < -0.39 is 0 Å². The largest absolute Gasteiger partial charge is 0.298 e. The van der Waals surface area contributed by atoms with E-state index in [2.05, 4.69) is 53.3 Å². The zero-order valence-corrected chi connectivity index (χ0v) is 16.8. The van der Waals surface area contributed by atoms with E-state index >= 15 is 0 Å². The average molecular weight is 392 g/mol. The Kier molecular flexibility index (Phi) is 4.68. The lowest BCUT2D eigenvalue weighted by Crippen LogP contribution is -2.14. The molecule has 28 heavy (non-hydrogen) atoms. The second kappa shape index (κ2) is 7.16. The maximum atomic E-state index is 12.6. The SMILES string of the molecule is CC(C)(C)c1csc(NC(=O)c2cnc3c(cnn3Cc3ccccc3)c2)n1. The molecule has 0 spiro atoms. The number of hydrogen-bond donors (Lipinski definition) is 1. The van der Waals surface area contributed by atoms with E-state index in [9.17, 15) is 4.79 Å². The van der Waals surface area contributed by atoms with Crippen LogP contribution >= 0.6 is 11.3 Å². The van der Waals surface area contributed by atoms with Gasteiger partial charge in [-0.05, 0) is 11.6 Å². The lowest BCUT2D eigenvalue weighted by molar-refractivity contribution is 0.102. The molecule has 4 rings (SSSR count). The fourth-order valence-corrected chi connectivity index (χ4v) is 3.75. The van der Waals surface area contributed by atoms with E-state index in [4.69, 9.17) is 0 Å². The Labute approximate surface area is 167 Å². The van der Waals surface area contributed by atoms with Crippen molar-refractivity contribution in [3.8, 4) is 0 Å². The van der Waals surface area contributed by atoms with Gasteiger partial charge in [-0.15, -0.1) is 11.3 Å². The summed E-state index contributed by atoms with van der Waals surface area (Å²) in [5.74, 6) is -0.222. The van der Waals surface area contributed by atoms with Crippen LogP contribution < -0.4 is 5.32 Å². The van der Waals surface area contributed by atoms with Crippen LogP contribution in [-0.2, 0) is 12.0 Å². The molecular formula is C21H21N5OS. The maximum absolute atomic E-state index is 12.6. The second-order valence-electron chi connectivity index (χ2n) is 7.67. The molecule has 0 bridgehead atoms. The van der Waals surface area contributed by atoms with Gasteiger partial charge in [0.25, 0.3) is 5.91 Å². The molecule has 7 heteroatoms.